The largest absolute Gasteiger partial charge is 0.434 e. The average molecular weight is 264 g/mol. The fourth-order valence-corrected chi connectivity index (χ4v) is 2.02. The second-order valence-corrected chi connectivity index (χ2v) is 4.21. The van der Waals surface area contributed by atoms with Crippen LogP contribution in [-0.4, -0.2) is 11.9 Å². The van der Waals surface area contributed by atoms with Gasteiger partial charge in [0.1, 0.15) is 0 Å². The maximum absolute atomic E-state index is 12.6. The number of aromatic nitrogens is 1. The number of alkyl halides is 3. The summed E-state index contributed by atoms with van der Waals surface area (Å²) in [5.41, 5.74) is 6.81. The number of halogens is 3. The van der Waals surface area contributed by atoms with E-state index in [2.05, 4.69) is 9.98 Å². The van der Waals surface area contributed by atoms with Crippen LogP contribution < -0.4 is 10.7 Å². The number of nitrogens with one attached hydrogen (secondary N) is 1. The monoisotopic (exact) mass is 264 g/mol. The van der Waals surface area contributed by atoms with Crippen LogP contribution in [0.25, 0.3) is 16.5 Å². The molecule has 0 aliphatic carbocycles. The van der Waals surface area contributed by atoms with E-state index in [1.807, 2.05) is 0 Å². The summed E-state index contributed by atoms with van der Waals surface area (Å²) in [7, 11) is 0. The van der Waals surface area contributed by atoms with Gasteiger partial charge in [-0.05, 0) is 17.7 Å². The molecule has 1 aromatic carbocycles. The molecule has 1 aromatic heterocycles. The van der Waals surface area contributed by atoms with E-state index in [9.17, 15) is 13.2 Å². The molecule has 0 amide bonds. The third-order valence-electron chi connectivity index (χ3n) is 2.99. The summed E-state index contributed by atoms with van der Waals surface area (Å²) in [5.74, 6) is 0. The van der Waals surface area contributed by atoms with Crippen molar-refractivity contribution in [2.24, 2.45) is 4.99 Å². The highest BCUT2D eigenvalue weighted by Gasteiger charge is 2.41. The molecule has 2 aromatic rings. The van der Waals surface area contributed by atoms with Crippen molar-refractivity contribution in [1.29, 1.82) is 0 Å². The van der Waals surface area contributed by atoms with Crippen molar-refractivity contribution in [2.75, 3.05) is 5.73 Å². The SMILES string of the molecule is Nc1cc[nH+]c2ccc(C3=CN=C3C(F)(F)F)cc12. The Balaban J connectivity index is 2.06. The fourth-order valence-electron chi connectivity index (χ4n) is 2.02. The Morgan fingerprint density at radius 2 is 1.95 bits per heavy atom. The van der Waals surface area contributed by atoms with Crippen LogP contribution in [0.2, 0.25) is 0 Å². The molecule has 0 unspecified atom stereocenters. The molecule has 0 saturated heterocycles. The zero-order valence-corrected chi connectivity index (χ0v) is 9.62. The summed E-state index contributed by atoms with van der Waals surface area (Å²) in [4.78, 5) is 6.27. The maximum Gasteiger partial charge on any atom is 0.434 e. The fraction of sp³-hybridized carbons (Fsp3) is 0.0769. The molecule has 0 fully saturated rings. The summed E-state index contributed by atoms with van der Waals surface area (Å²) in [6.07, 6.45) is -1.53. The molecular formula is C13H9F3N3+. The van der Waals surface area contributed by atoms with E-state index in [0.29, 0.717) is 16.6 Å². The van der Waals surface area contributed by atoms with E-state index in [-0.39, 0.29) is 5.57 Å². The zero-order valence-electron chi connectivity index (χ0n) is 9.62. The van der Waals surface area contributed by atoms with Gasteiger partial charge in [0.15, 0.2) is 11.9 Å². The second kappa shape index (κ2) is 3.81. The average Bonchev–Trinajstić information content (AvgIpc) is 2.26. The molecule has 3 rings (SSSR count). The highest BCUT2D eigenvalue weighted by molar-refractivity contribution is 6.30. The highest BCUT2D eigenvalue weighted by Crippen LogP contribution is 2.34. The second-order valence-electron chi connectivity index (χ2n) is 4.21. The lowest BCUT2D eigenvalue weighted by molar-refractivity contribution is -0.344. The molecule has 0 bridgehead atoms. The van der Waals surface area contributed by atoms with Crippen molar-refractivity contribution in [3.05, 3.63) is 42.2 Å². The lowest BCUT2D eigenvalue weighted by atomic mass is 9.96. The van der Waals surface area contributed by atoms with Gasteiger partial charge in [0.25, 0.3) is 0 Å². The predicted molar refractivity (Wildman–Crippen MR) is 66.4 cm³/mol. The molecule has 0 spiro atoms. The van der Waals surface area contributed by atoms with Gasteiger partial charge in [-0.3, -0.25) is 4.99 Å². The Morgan fingerprint density at radius 1 is 1.16 bits per heavy atom. The zero-order chi connectivity index (χ0) is 13.6. The minimum absolute atomic E-state index is 0.0950. The summed E-state index contributed by atoms with van der Waals surface area (Å²) in [5, 5.41) is 0.689. The summed E-state index contributed by atoms with van der Waals surface area (Å²) >= 11 is 0. The van der Waals surface area contributed by atoms with E-state index < -0.39 is 11.9 Å². The molecule has 2 heterocycles. The van der Waals surface area contributed by atoms with Crippen molar-refractivity contribution >= 4 is 27.9 Å². The lowest BCUT2D eigenvalue weighted by Crippen LogP contribution is -2.27. The van der Waals surface area contributed by atoms with E-state index >= 15 is 0 Å². The molecule has 1 aliphatic heterocycles. The molecular weight excluding hydrogens is 255 g/mol. The van der Waals surface area contributed by atoms with E-state index in [1.165, 1.54) is 6.20 Å². The molecule has 3 N–H and O–H groups in total. The topological polar surface area (TPSA) is 52.5 Å². The van der Waals surface area contributed by atoms with E-state index in [1.54, 1.807) is 30.5 Å². The minimum Gasteiger partial charge on any atom is -0.398 e. The predicted octanol–water partition coefficient (Wildman–Crippen LogP) is 2.59. The number of fused-ring (bicyclic) bond motifs is 1. The summed E-state index contributed by atoms with van der Waals surface area (Å²) < 4.78 is 37.9. The summed E-state index contributed by atoms with van der Waals surface area (Å²) in [6.45, 7) is 0. The first kappa shape index (κ1) is 11.7. The van der Waals surface area contributed by atoms with Crippen LogP contribution in [0, 0.1) is 0 Å². The van der Waals surface area contributed by atoms with Crippen LogP contribution in [0.15, 0.2) is 41.7 Å². The van der Waals surface area contributed by atoms with Crippen LogP contribution in [0.4, 0.5) is 18.9 Å². The van der Waals surface area contributed by atoms with Crippen LogP contribution in [0.3, 0.4) is 0 Å². The maximum atomic E-state index is 12.6. The lowest BCUT2D eigenvalue weighted by Gasteiger charge is -2.18. The first-order valence-electron chi connectivity index (χ1n) is 5.52. The van der Waals surface area contributed by atoms with Gasteiger partial charge in [-0.15, -0.1) is 0 Å². The molecule has 96 valence electrons. The van der Waals surface area contributed by atoms with Crippen molar-refractivity contribution in [3.8, 4) is 0 Å². The van der Waals surface area contributed by atoms with E-state index in [0.717, 1.165) is 5.52 Å². The van der Waals surface area contributed by atoms with Crippen LogP contribution in [0.1, 0.15) is 5.56 Å². The summed E-state index contributed by atoms with van der Waals surface area (Å²) in [6, 6.07) is 6.62. The quantitative estimate of drug-likeness (QED) is 0.845. The third-order valence-corrected chi connectivity index (χ3v) is 2.99. The van der Waals surface area contributed by atoms with Gasteiger partial charge in [0, 0.05) is 23.9 Å². The molecule has 19 heavy (non-hydrogen) atoms. The third kappa shape index (κ3) is 1.85. The number of rotatable bonds is 1. The number of nitrogen functional groups attached to an aromatic ring is 1. The Bertz CT molecular complexity index is 729. The number of benzene rings is 1. The Morgan fingerprint density at radius 3 is 2.58 bits per heavy atom. The van der Waals surface area contributed by atoms with Crippen LogP contribution in [-0.2, 0) is 0 Å². The number of nitrogens with zero attached hydrogens (tertiary/aromatic N) is 1. The van der Waals surface area contributed by atoms with Gasteiger partial charge in [-0.1, -0.05) is 0 Å². The van der Waals surface area contributed by atoms with Crippen molar-refractivity contribution in [3.63, 3.8) is 0 Å². The first-order chi connectivity index (χ1) is 8.97. The van der Waals surface area contributed by atoms with Gasteiger partial charge in [0.2, 0.25) is 5.52 Å². The standard InChI is InChI=1S/C13H8F3N3/c14-13(15,16)12-9(6-19-12)7-1-2-11-8(5-7)10(17)3-4-18-11/h1-6H,(H2,17,18)/p+1. The minimum atomic E-state index is -4.42. The number of anilines is 1. The number of pyridine rings is 1. The van der Waals surface area contributed by atoms with E-state index in [4.69, 9.17) is 5.73 Å². The van der Waals surface area contributed by atoms with Crippen molar-refractivity contribution in [2.45, 2.75) is 6.18 Å². The smallest absolute Gasteiger partial charge is 0.398 e. The van der Waals surface area contributed by atoms with Crippen molar-refractivity contribution < 1.29 is 18.2 Å². The first-order valence-corrected chi connectivity index (χ1v) is 5.52. The van der Waals surface area contributed by atoms with Gasteiger partial charge in [-0.25, -0.2) is 4.98 Å². The van der Waals surface area contributed by atoms with Crippen LogP contribution >= 0.6 is 0 Å². The van der Waals surface area contributed by atoms with Gasteiger partial charge in [0.05, 0.1) is 11.1 Å². The van der Waals surface area contributed by atoms with Crippen molar-refractivity contribution in [1.82, 2.24) is 0 Å². The molecule has 6 heteroatoms. The molecule has 3 nitrogen and oxygen atoms in total. The number of aromatic amines is 1. The number of hydrogen-bond acceptors (Lipinski definition) is 2. The Hall–Kier alpha value is -2.37. The number of hydrogen-bond donors (Lipinski definition) is 1. The van der Waals surface area contributed by atoms with Gasteiger partial charge in [-0.2, -0.15) is 13.2 Å². The van der Waals surface area contributed by atoms with Gasteiger partial charge < -0.3 is 5.73 Å². The molecule has 0 radical (unpaired) electrons. The molecule has 0 atom stereocenters. The molecule has 0 saturated carbocycles. The van der Waals surface area contributed by atoms with Crippen LogP contribution in [0.5, 0.6) is 0 Å². The number of allylic oxidation sites excluding steroid dienone is 1. The Labute approximate surface area is 106 Å². The normalized spacial score (nSPS) is 14.9. The number of nitrogens with two attached hydrogens (primary N) is 1. The number of aliphatic imine (C=N–C) groups is 1. The number of H-pyrrole nitrogens is 1. The van der Waals surface area contributed by atoms with Gasteiger partial charge >= 0.3 is 6.18 Å². The highest BCUT2D eigenvalue weighted by atomic mass is 19.4. The molecule has 1 aliphatic rings. The Kier molecular flexibility index (Phi) is 2.35.